The Morgan fingerprint density at radius 2 is 1.85 bits per heavy atom. The normalized spacial score (nSPS) is 54.3. The first-order chi connectivity index (χ1) is 18.2. The highest BCUT2D eigenvalue weighted by Gasteiger charge is 3.10. The SMILES string of the molecule is CC(C)[C@@]1(O)[C@@H](OC(=O)c2ccc[nH]2)[C@@]2(O)[C@@]3(C)C[C@]4(O)O[C@@]5([C@H](O)[C@@H](CSC(C)(C)C)CC[C@]35O)[C@@]2(O)[C@]14C. The van der Waals surface area contributed by atoms with Gasteiger partial charge in [-0.3, -0.25) is 0 Å². The summed E-state index contributed by atoms with van der Waals surface area (Å²) in [6.45, 7) is 12.4. The predicted molar refractivity (Wildman–Crippen MR) is 145 cm³/mol. The first-order valence-corrected chi connectivity index (χ1v) is 15.2. The number of hydrogen-bond donors (Lipinski definition) is 7. The van der Waals surface area contributed by atoms with Crippen molar-refractivity contribution in [2.24, 2.45) is 22.7 Å². The molecule has 1 aromatic rings. The molecule has 0 radical (unpaired) electrons. The summed E-state index contributed by atoms with van der Waals surface area (Å²) in [5, 5.41) is 75.9. The number of hydrogen-bond acceptors (Lipinski definition) is 10. The van der Waals surface area contributed by atoms with Crippen LogP contribution in [0.1, 0.15) is 78.2 Å². The van der Waals surface area contributed by atoms with E-state index in [9.17, 15) is 35.4 Å². The summed E-state index contributed by atoms with van der Waals surface area (Å²) in [7, 11) is 0. The second-order valence-electron chi connectivity index (χ2n) is 14.6. The molecule has 0 aromatic carbocycles. The number of carbonyl (C=O) groups is 1. The fourth-order valence-electron chi connectivity index (χ4n) is 9.98. The van der Waals surface area contributed by atoms with Gasteiger partial charge in [0.05, 0.1) is 11.5 Å². The van der Waals surface area contributed by atoms with Crippen LogP contribution in [-0.2, 0) is 9.47 Å². The van der Waals surface area contributed by atoms with Crippen molar-refractivity contribution in [2.45, 2.75) is 118 Å². The molecule has 11 atom stereocenters. The van der Waals surface area contributed by atoms with Crippen LogP contribution in [0.15, 0.2) is 18.3 Å². The third-order valence-corrected chi connectivity index (χ3v) is 13.3. The molecule has 224 valence electrons. The Hall–Kier alpha value is -1.18. The quantitative estimate of drug-likeness (QED) is 0.252. The number of rotatable bonds is 5. The summed E-state index contributed by atoms with van der Waals surface area (Å²) in [5.41, 5.74) is -15.4. The molecule has 0 unspecified atom stereocenters. The van der Waals surface area contributed by atoms with Crippen LogP contribution in [0.3, 0.4) is 0 Å². The van der Waals surface area contributed by atoms with Gasteiger partial charge in [0.2, 0.25) is 0 Å². The zero-order chi connectivity index (χ0) is 29.7. The topological polar surface area (TPSA) is 173 Å². The number of esters is 1. The molecule has 6 aliphatic rings. The third kappa shape index (κ3) is 2.49. The number of thioether (sulfide) groups is 1. The minimum atomic E-state index is -2.62. The maximum atomic E-state index is 13.3. The number of ether oxygens (including phenoxy) is 2. The van der Waals surface area contributed by atoms with Gasteiger partial charge in [0.25, 0.3) is 0 Å². The van der Waals surface area contributed by atoms with Crippen molar-refractivity contribution in [3.8, 4) is 0 Å². The maximum Gasteiger partial charge on any atom is 0.355 e. The fraction of sp³-hybridized carbons (Fsp3) is 0.828. The number of aromatic amines is 1. The molecule has 10 nitrogen and oxygen atoms in total. The summed E-state index contributed by atoms with van der Waals surface area (Å²) in [6.07, 6.45) is -1.68. The molecule has 1 aromatic heterocycles. The van der Waals surface area contributed by atoms with Gasteiger partial charge in [0.15, 0.2) is 17.5 Å². The first kappa shape index (κ1) is 28.9. The summed E-state index contributed by atoms with van der Waals surface area (Å²) < 4.78 is 12.2. The minimum Gasteiger partial charge on any atom is -0.451 e. The largest absolute Gasteiger partial charge is 0.451 e. The van der Waals surface area contributed by atoms with Crippen LogP contribution in [0.5, 0.6) is 0 Å². The maximum absolute atomic E-state index is 13.3. The van der Waals surface area contributed by atoms with Gasteiger partial charge in [-0.15, -0.1) is 0 Å². The van der Waals surface area contributed by atoms with Crippen LogP contribution in [-0.4, -0.2) is 98.1 Å². The zero-order valence-corrected chi connectivity index (χ0v) is 25.0. The van der Waals surface area contributed by atoms with Gasteiger partial charge in [-0.25, -0.2) is 4.79 Å². The summed E-state index contributed by atoms with van der Waals surface area (Å²) >= 11 is 1.62. The van der Waals surface area contributed by atoms with Crippen LogP contribution >= 0.6 is 11.8 Å². The van der Waals surface area contributed by atoms with E-state index in [1.54, 1.807) is 31.7 Å². The first-order valence-electron chi connectivity index (χ1n) is 14.2. The molecule has 11 heteroatoms. The summed E-state index contributed by atoms with van der Waals surface area (Å²) in [5.74, 6) is -3.91. The van der Waals surface area contributed by atoms with Gasteiger partial charge < -0.3 is 45.1 Å². The molecule has 4 aliphatic carbocycles. The Labute approximate surface area is 238 Å². The summed E-state index contributed by atoms with van der Waals surface area (Å²) in [6, 6.07) is 3.08. The van der Waals surface area contributed by atoms with Crippen LogP contribution < -0.4 is 0 Å². The molecule has 3 heterocycles. The average Bonchev–Trinajstić information content (AvgIpc) is 3.47. The Bertz CT molecular complexity index is 1250. The number of aliphatic hydroxyl groups is 6. The van der Waals surface area contributed by atoms with E-state index in [4.69, 9.17) is 9.47 Å². The van der Waals surface area contributed by atoms with Gasteiger partial charge in [0.1, 0.15) is 28.1 Å². The van der Waals surface area contributed by atoms with Crippen molar-refractivity contribution >= 4 is 17.7 Å². The van der Waals surface area contributed by atoms with Crippen LogP contribution in [0.25, 0.3) is 0 Å². The highest BCUT2D eigenvalue weighted by molar-refractivity contribution is 8.00. The molecular weight excluding hydrogens is 538 g/mol. The zero-order valence-electron chi connectivity index (χ0n) is 24.2. The van der Waals surface area contributed by atoms with E-state index in [2.05, 4.69) is 4.98 Å². The second kappa shape index (κ2) is 7.66. The minimum absolute atomic E-state index is 0.0596. The standard InChI is InChI=1S/C29H43NO9S/c1-15(2)26(35)20(38-19(32)17-9-8-12-30-17)27(36)22(6)14-25(34)23(26,7)29(27,37)28(39-25)18(31)16(10-11-24(22,28)33)13-40-21(3,4)5/h8-9,12,15-16,18,20,30-31,33-37H,10-11,13-14H2,1-7H3/t16-,18-,20-,22+,23+,24+,25+,26-,27-,28-,29-/m1/s1. The Morgan fingerprint density at radius 1 is 1.20 bits per heavy atom. The van der Waals surface area contributed by atoms with Crippen LogP contribution in [0.2, 0.25) is 0 Å². The van der Waals surface area contributed by atoms with Gasteiger partial charge in [0, 0.05) is 22.8 Å². The lowest BCUT2D eigenvalue weighted by Crippen LogP contribution is -2.75. The molecule has 0 amide bonds. The molecule has 40 heavy (non-hydrogen) atoms. The Kier molecular flexibility index (Phi) is 5.54. The van der Waals surface area contributed by atoms with Crippen molar-refractivity contribution in [3.63, 3.8) is 0 Å². The molecule has 4 saturated carbocycles. The summed E-state index contributed by atoms with van der Waals surface area (Å²) in [4.78, 5) is 16.1. The van der Waals surface area contributed by atoms with Crippen LogP contribution in [0.4, 0.5) is 0 Å². The lowest BCUT2D eigenvalue weighted by atomic mass is 9.52. The molecule has 2 aliphatic heterocycles. The monoisotopic (exact) mass is 581 g/mol. The lowest BCUT2D eigenvalue weighted by Gasteiger charge is -2.61. The fourth-order valence-corrected chi connectivity index (χ4v) is 11.0. The van der Waals surface area contributed by atoms with Crippen molar-refractivity contribution < 1.29 is 44.9 Å². The molecule has 7 rings (SSSR count). The van der Waals surface area contributed by atoms with Gasteiger partial charge in [-0.1, -0.05) is 41.5 Å². The molecule has 2 saturated heterocycles. The van der Waals surface area contributed by atoms with Gasteiger partial charge >= 0.3 is 5.97 Å². The van der Waals surface area contributed by atoms with Crippen LogP contribution in [0, 0.1) is 22.7 Å². The Morgan fingerprint density at radius 3 is 2.40 bits per heavy atom. The van der Waals surface area contributed by atoms with E-state index < -0.39 is 74.6 Å². The number of aliphatic hydroxyl groups excluding tert-OH is 1. The van der Waals surface area contributed by atoms with Crippen molar-refractivity contribution in [1.29, 1.82) is 0 Å². The van der Waals surface area contributed by atoms with Gasteiger partial charge in [-0.2, -0.15) is 11.8 Å². The molecule has 7 N–H and O–H groups in total. The van der Waals surface area contributed by atoms with Crippen molar-refractivity contribution in [2.75, 3.05) is 5.75 Å². The van der Waals surface area contributed by atoms with Crippen molar-refractivity contribution in [1.82, 2.24) is 4.98 Å². The van der Waals surface area contributed by atoms with E-state index in [1.165, 1.54) is 26.1 Å². The molecule has 1 spiro atoms. The van der Waals surface area contributed by atoms with E-state index in [1.807, 2.05) is 20.8 Å². The van der Waals surface area contributed by atoms with E-state index in [0.29, 0.717) is 12.2 Å². The molecular formula is C29H43NO9S. The number of carbonyl (C=O) groups excluding carboxylic acids is 1. The number of H-pyrrole nitrogens is 1. The van der Waals surface area contributed by atoms with E-state index in [-0.39, 0.29) is 23.3 Å². The van der Waals surface area contributed by atoms with Gasteiger partial charge in [-0.05, 0) is 49.5 Å². The number of aromatic nitrogens is 1. The van der Waals surface area contributed by atoms with E-state index >= 15 is 0 Å². The molecule has 6 fully saturated rings. The highest BCUT2D eigenvalue weighted by atomic mass is 32.2. The highest BCUT2D eigenvalue weighted by Crippen LogP contribution is 2.90. The third-order valence-electron chi connectivity index (χ3n) is 11.9. The van der Waals surface area contributed by atoms with Crippen molar-refractivity contribution in [3.05, 3.63) is 24.0 Å². The predicted octanol–water partition coefficient (Wildman–Crippen LogP) is 1.32. The van der Waals surface area contributed by atoms with E-state index in [0.717, 1.165) is 0 Å². The Balaban J connectivity index is 1.60. The second-order valence-corrected chi connectivity index (χ2v) is 16.5. The smallest absolute Gasteiger partial charge is 0.355 e. The average molecular weight is 582 g/mol. The number of nitrogens with one attached hydrogen (secondary N) is 1. The lowest BCUT2D eigenvalue weighted by molar-refractivity contribution is -0.390. The molecule has 6 bridgehead atoms.